The van der Waals surface area contributed by atoms with E-state index in [0.29, 0.717) is 28.8 Å². The Kier molecular flexibility index (Phi) is 5.80. The first-order valence-corrected chi connectivity index (χ1v) is 9.23. The molecule has 0 unspecified atom stereocenters. The second kappa shape index (κ2) is 8.25. The number of fused-ring (bicyclic) bond motifs is 1. The number of aliphatic hydroxyl groups excluding tert-OH is 1. The third-order valence-electron chi connectivity index (χ3n) is 3.97. The predicted molar refractivity (Wildman–Crippen MR) is 101 cm³/mol. The molecule has 1 aromatic carbocycles. The number of rotatable bonds is 8. The number of nitrogens with zero attached hydrogens (tertiary/aromatic N) is 2. The van der Waals surface area contributed by atoms with E-state index < -0.39 is 6.10 Å². The first-order valence-electron chi connectivity index (χ1n) is 8.35. The maximum atomic E-state index is 12.3. The minimum Gasteiger partial charge on any atom is -0.491 e. The molecule has 0 amide bonds. The molecular weight excluding hydrogens is 352 g/mol. The Morgan fingerprint density at radius 2 is 2.08 bits per heavy atom. The van der Waals surface area contributed by atoms with Crippen molar-refractivity contribution in [3.8, 4) is 5.75 Å². The van der Waals surface area contributed by atoms with Gasteiger partial charge in [-0.3, -0.25) is 9.36 Å². The number of ether oxygens (including phenoxy) is 1. The number of Topliss-reactive ketones (excluding diaryl/α,β-unsaturated/α-hetero) is 1. The monoisotopic (exact) mass is 372 g/mol. The van der Waals surface area contributed by atoms with Crippen LogP contribution in [0.3, 0.4) is 0 Å². The lowest BCUT2D eigenvalue weighted by Crippen LogP contribution is -2.30. The van der Waals surface area contributed by atoms with Crippen molar-refractivity contribution in [3.05, 3.63) is 58.0 Å². The molecule has 0 aliphatic rings. The molecule has 6 nitrogen and oxygen atoms in total. The van der Waals surface area contributed by atoms with Crippen LogP contribution >= 0.6 is 11.3 Å². The summed E-state index contributed by atoms with van der Waals surface area (Å²) in [5.74, 6) is 0.800. The van der Waals surface area contributed by atoms with E-state index in [0.717, 1.165) is 5.56 Å². The summed E-state index contributed by atoms with van der Waals surface area (Å²) >= 11 is 1.34. The number of hydrogen-bond acceptors (Lipinski definition) is 6. The van der Waals surface area contributed by atoms with Gasteiger partial charge in [0.25, 0.3) is 5.56 Å². The van der Waals surface area contributed by atoms with Crippen molar-refractivity contribution in [2.75, 3.05) is 6.61 Å². The van der Waals surface area contributed by atoms with Crippen LogP contribution in [-0.2, 0) is 17.8 Å². The first kappa shape index (κ1) is 18.3. The predicted octanol–water partition coefficient (Wildman–Crippen LogP) is 2.42. The van der Waals surface area contributed by atoms with Crippen LogP contribution < -0.4 is 10.3 Å². The zero-order valence-corrected chi connectivity index (χ0v) is 15.2. The van der Waals surface area contributed by atoms with Crippen LogP contribution in [-0.4, -0.2) is 33.2 Å². The highest BCUT2D eigenvalue weighted by molar-refractivity contribution is 7.17. The standard InChI is InChI=1S/C19H20N2O4S/c1-13(22)2-3-14-4-6-16(7-5-14)25-11-15(23)10-21-12-20-17-8-9-26-18(17)19(21)24/h4-9,12,15,23H,2-3,10-11H2,1H3/t15-/m1/s1. The SMILES string of the molecule is CC(=O)CCc1ccc(OC[C@H](O)Cn2cnc3ccsc3c2=O)cc1. The maximum Gasteiger partial charge on any atom is 0.271 e. The van der Waals surface area contributed by atoms with Crippen LogP contribution in [0.2, 0.25) is 0 Å². The molecular formula is C19H20N2O4S. The number of carbonyl (C=O) groups is 1. The fourth-order valence-corrected chi connectivity index (χ4v) is 3.35. The highest BCUT2D eigenvalue weighted by Crippen LogP contribution is 2.15. The molecule has 0 radical (unpaired) electrons. The van der Waals surface area contributed by atoms with Crippen molar-refractivity contribution < 1.29 is 14.6 Å². The molecule has 7 heteroatoms. The Morgan fingerprint density at radius 1 is 1.31 bits per heavy atom. The van der Waals surface area contributed by atoms with Crippen molar-refractivity contribution in [1.29, 1.82) is 0 Å². The highest BCUT2D eigenvalue weighted by Gasteiger charge is 2.11. The fraction of sp³-hybridized carbons (Fsp3) is 0.316. The van der Waals surface area contributed by atoms with E-state index in [4.69, 9.17) is 4.74 Å². The van der Waals surface area contributed by atoms with Crippen LogP contribution in [0.4, 0.5) is 0 Å². The van der Waals surface area contributed by atoms with E-state index in [9.17, 15) is 14.7 Å². The summed E-state index contributed by atoms with van der Waals surface area (Å²) in [6, 6.07) is 9.24. The summed E-state index contributed by atoms with van der Waals surface area (Å²) in [6.07, 6.45) is 1.85. The van der Waals surface area contributed by atoms with Crippen molar-refractivity contribution in [1.82, 2.24) is 9.55 Å². The van der Waals surface area contributed by atoms with E-state index in [1.807, 2.05) is 29.6 Å². The Morgan fingerprint density at radius 3 is 2.81 bits per heavy atom. The van der Waals surface area contributed by atoms with Crippen molar-refractivity contribution in [2.24, 2.45) is 0 Å². The largest absolute Gasteiger partial charge is 0.491 e. The lowest BCUT2D eigenvalue weighted by Gasteiger charge is -2.14. The van der Waals surface area contributed by atoms with Crippen LogP contribution in [0.25, 0.3) is 10.2 Å². The highest BCUT2D eigenvalue weighted by atomic mass is 32.1. The van der Waals surface area contributed by atoms with E-state index in [1.165, 1.54) is 22.2 Å². The van der Waals surface area contributed by atoms with Gasteiger partial charge >= 0.3 is 0 Å². The molecule has 0 bridgehead atoms. The van der Waals surface area contributed by atoms with Gasteiger partial charge in [0, 0.05) is 6.42 Å². The molecule has 0 fully saturated rings. The van der Waals surface area contributed by atoms with Gasteiger partial charge in [-0.25, -0.2) is 4.98 Å². The Labute approximate surface area is 154 Å². The minimum atomic E-state index is -0.829. The molecule has 0 aliphatic carbocycles. The average molecular weight is 372 g/mol. The minimum absolute atomic E-state index is 0.0711. The van der Waals surface area contributed by atoms with E-state index in [2.05, 4.69) is 4.98 Å². The molecule has 0 saturated heterocycles. The summed E-state index contributed by atoms with van der Waals surface area (Å²) in [4.78, 5) is 27.5. The third kappa shape index (κ3) is 4.56. The second-order valence-electron chi connectivity index (χ2n) is 6.15. The summed E-state index contributed by atoms with van der Waals surface area (Å²) in [5.41, 5.74) is 1.58. The number of thiophene rings is 1. The van der Waals surface area contributed by atoms with Gasteiger partial charge in [-0.05, 0) is 42.5 Å². The van der Waals surface area contributed by atoms with Gasteiger partial charge < -0.3 is 14.6 Å². The molecule has 3 rings (SSSR count). The second-order valence-corrected chi connectivity index (χ2v) is 7.06. The van der Waals surface area contributed by atoms with Gasteiger partial charge in [0.2, 0.25) is 0 Å². The Balaban J connectivity index is 1.54. The Bertz CT molecular complexity index is 946. The molecule has 2 heterocycles. The molecule has 3 aromatic rings. The number of hydrogen-bond donors (Lipinski definition) is 1. The molecule has 136 valence electrons. The maximum absolute atomic E-state index is 12.3. The number of ketones is 1. The quantitative estimate of drug-likeness (QED) is 0.657. The first-order chi connectivity index (χ1) is 12.5. The number of carbonyl (C=O) groups excluding carboxylic acids is 1. The number of aliphatic hydroxyl groups is 1. The lowest BCUT2D eigenvalue weighted by atomic mass is 10.1. The smallest absolute Gasteiger partial charge is 0.271 e. The molecule has 26 heavy (non-hydrogen) atoms. The molecule has 0 spiro atoms. The number of aromatic nitrogens is 2. The molecule has 0 saturated carbocycles. The molecule has 0 aliphatic heterocycles. The van der Waals surface area contributed by atoms with Crippen LogP contribution in [0.5, 0.6) is 5.75 Å². The topological polar surface area (TPSA) is 81.4 Å². The summed E-state index contributed by atoms with van der Waals surface area (Å²) < 4.78 is 7.57. The fourth-order valence-electron chi connectivity index (χ4n) is 2.55. The van der Waals surface area contributed by atoms with Crippen molar-refractivity contribution in [3.63, 3.8) is 0 Å². The van der Waals surface area contributed by atoms with Gasteiger partial charge in [-0.2, -0.15) is 0 Å². The molecule has 1 N–H and O–H groups in total. The van der Waals surface area contributed by atoms with E-state index in [1.54, 1.807) is 13.0 Å². The number of aryl methyl sites for hydroxylation is 1. The summed E-state index contributed by atoms with van der Waals surface area (Å²) in [7, 11) is 0. The Hall–Kier alpha value is -2.51. The van der Waals surface area contributed by atoms with Crippen molar-refractivity contribution >= 4 is 27.3 Å². The molecule has 1 atom stereocenters. The third-order valence-corrected chi connectivity index (χ3v) is 4.87. The lowest BCUT2D eigenvalue weighted by molar-refractivity contribution is -0.116. The van der Waals surface area contributed by atoms with Crippen LogP contribution in [0.15, 0.2) is 46.8 Å². The van der Waals surface area contributed by atoms with Gasteiger partial charge in [0.15, 0.2) is 0 Å². The van der Waals surface area contributed by atoms with Gasteiger partial charge in [0.1, 0.15) is 28.9 Å². The zero-order chi connectivity index (χ0) is 18.5. The summed E-state index contributed by atoms with van der Waals surface area (Å²) in [5, 5.41) is 12.0. The zero-order valence-electron chi connectivity index (χ0n) is 14.4. The van der Waals surface area contributed by atoms with Crippen LogP contribution in [0.1, 0.15) is 18.9 Å². The van der Waals surface area contributed by atoms with Crippen LogP contribution in [0, 0.1) is 0 Å². The van der Waals surface area contributed by atoms with E-state index >= 15 is 0 Å². The van der Waals surface area contributed by atoms with E-state index in [-0.39, 0.29) is 24.5 Å². The van der Waals surface area contributed by atoms with Gasteiger partial charge in [-0.1, -0.05) is 12.1 Å². The number of benzene rings is 1. The van der Waals surface area contributed by atoms with Gasteiger partial charge in [0.05, 0.1) is 18.4 Å². The van der Waals surface area contributed by atoms with Gasteiger partial charge in [-0.15, -0.1) is 11.3 Å². The molecule has 2 aromatic heterocycles. The van der Waals surface area contributed by atoms with Crippen molar-refractivity contribution in [2.45, 2.75) is 32.4 Å². The average Bonchev–Trinajstić information content (AvgIpc) is 3.11. The summed E-state index contributed by atoms with van der Waals surface area (Å²) in [6.45, 7) is 1.77. The normalized spacial score (nSPS) is 12.2.